The van der Waals surface area contributed by atoms with E-state index in [4.69, 9.17) is 5.73 Å². The maximum Gasteiger partial charge on any atom is 0.222 e. The number of nitrogens with two attached hydrogens (primary N) is 1. The number of unbranched alkanes of at least 4 members (excludes halogenated alkanes) is 3. The van der Waals surface area contributed by atoms with Gasteiger partial charge in [0, 0.05) is 11.4 Å². The van der Waals surface area contributed by atoms with Crippen LogP contribution in [0.3, 0.4) is 0 Å². The Labute approximate surface area is 120 Å². The molecule has 1 aromatic heterocycles. The predicted molar refractivity (Wildman–Crippen MR) is 85.8 cm³/mol. The number of nitrogens with zero attached hydrogens (tertiary/aromatic N) is 2. The molecule has 1 heterocycles. The highest BCUT2D eigenvalue weighted by Crippen LogP contribution is 2.22. The van der Waals surface area contributed by atoms with E-state index in [2.05, 4.69) is 29.1 Å². The van der Waals surface area contributed by atoms with E-state index in [0.29, 0.717) is 12.0 Å². The Kier molecular flexibility index (Phi) is 5.16. The summed E-state index contributed by atoms with van der Waals surface area (Å²) in [6.07, 6.45) is 6.29. The molecule has 0 bridgehead atoms. The molecule has 1 aromatic carbocycles. The number of para-hydroxylation sites is 1. The number of rotatable bonds is 7. The molecule has 0 aliphatic heterocycles. The molecule has 1 atom stereocenters. The highest BCUT2D eigenvalue weighted by molar-refractivity contribution is 5.89. The quantitative estimate of drug-likeness (QED) is 0.748. The Hall–Kier alpha value is -1.84. The first-order valence-corrected chi connectivity index (χ1v) is 7.49. The fourth-order valence-corrected chi connectivity index (χ4v) is 2.39. The molecular weight excluding hydrogens is 248 g/mol. The van der Waals surface area contributed by atoms with Gasteiger partial charge in [0.1, 0.15) is 5.82 Å². The van der Waals surface area contributed by atoms with E-state index in [-0.39, 0.29) is 0 Å². The molecule has 0 radical (unpaired) electrons. The number of nitrogen functional groups attached to an aromatic ring is 1. The summed E-state index contributed by atoms with van der Waals surface area (Å²) in [6, 6.07) is 8.35. The summed E-state index contributed by atoms with van der Waals surface area (Å²) < 4.78 is 0. The number of nitrogens with one attached hydrogen (secondary N) is 1. The van der Waals surface area contributed by atoms with Gasteiger partial charge in [-0.15, -0.1) is 0 Å². The molecule has 1 unspecified atom stereocenters. The second-order valence-electron chi connectivity index (χ2n) is 5.34. The van der Waals surface area contributed by atoms with Gasteiger partial charge in [-0.25, -0.2) is 4.98 Å². The normalized spacial score (nSPS) is 12.5. The molecule has 0 fully saturated rings. The van der Waals surface area contributed by atoms with Gasteiger partial charge in [0.15, 0.2) is 0 Å². The summed E-state index contributed by atoms with van der Waals surface area (Å²) in [4.78, 5) is 8.60. The van der Waals surface area contributed by atoms with Crippen LogP contribution in [-0.4, -0.2) is 16.0 Å². The van der Waals surface area contributed by atoms with Crippen LogP contribution < -0.4 is 11.1 Å². The molecule has 0 aliphatic rings. The van der Waals surface area contributed by atoms with Crippen molar-refractivity contribution in [2.75, 3.05) is 11.1 Å². The molecule has 0 saturated carbocycles. The monoisotopic (exact) mass is 272 g/mol. The van der Waals surface area contributed by atoms with Crippen molar-refractivity contribution < 1.29 is 0 Å². The third-order valence-corrected chi connectivity index (χ3v) is 3.49. The van der Waals surface area contributed by atoms with Gasteiger partial charge in [0.05, 0.1) is 5.52 Å². The SMILES string of the molecule is CCCCCCC(C)Nc1nc(N)nc2ccccc12. The van der Waals surface area contributed by atoms with Crippen molar-refractivity contribution in [1.82, 2.24) is 9.97 Å². The number of hydrogen-bond acceptors (Lipinski definition) is 4. The third-order valence-electron chi connectivity index (χ3n) is 3.49. The molecule has 108 valence electrons. The molecule has 0 saturated heterocycles. The van der Waals surface area contributed by atoms with Gasteiger partial charge >= 0.3 is 0 Å². The van der Waals surface area contributed by atoms with Crippen LogP contribution in [0.15, 0.2) is 24.3 Å². The molecular formula is C16H24N4. The second kappa shape index (κ2) is 7.08. The van der Waals surface area contributed by atoms with Crippen molar-refractivity contribution in [1.29, 1.82) is 0 Å². The Morgan fingerprint density at radius 3 is 2.75 bits per heavy atom. The summed E-state index contributed by atoms with van der Waals surface area (Å²) in [5.41, 5.74) is 6.67. The lowest BCUT2D eigenvalue weighted by Gasteiger charge is -2.16. The van der Waals surface area contributed by atoms with Crippen LogP contribution in [-0.2, 0) is 0 Å². The number of anilines is 2. The fraction of sp³-hybridized carbons (Fsp3) is 0.500. The van der Waals surface area contributed by atoms with E-state index in [9.17, 15) is 0 Å². The number of fused-ring (bicyclic) bond motifs is 1. The number of aromatic nitrogens is 2. The molecule has 0 amide bonds. The van der Waals surface area contributed by atoms with Crippen LogP contribution in [0.5, 0.6) is 0 Å². The zero-order valence-corrected chi connectivity index (χ0v) is 12.4. The Balaban J connectivity index is 2.05. The summed E-state index contributed by atoms with van der Waals surface area (Å²) in [5, 5.41) is 4.50. The predicted octanol–water partition coefficient (Wildman–Crippen LogP) is 3.98. The largest absolute Gasteiger partial charge is 0.368 e. The average molecular weight is 272 g/mol. The van der Waals surface area contributed by atoms with E-state index < -0.39 is 0 Å². The lowest BCUT2D eigenvalue weighted by atomic mass is 10.1. The van der Waals surface area contributed by atoms with E-state index in [1.54, 1.807) is 0 Å². The highest BCUT2D eigenvalue weighted by Gasteiger charge is 2.08. The first-order chi connectivity index (χ1) is 9.70. The van der Waals surface area contributed by atoms with E-state index in [1.807, 2.05) is 24.3 Å². The van der Waals surface area contributed by atoms with Crippen molar-refractivity contribution in [3.8, 4) is 0 Å². The van der Waals surface area contributed by atoms with Crippen LogP contribution in [0.1, 0.15) is 46.0 Å². The molecule has 3 N–H and O–H groups in total. The van der Waals surface area contributed by atoms with E-state index in [1.165, 1.54) is 25.7 Å². The van der Waals surface area contributed by atoms with E-state index >= 15 is 0 Å². The third kappa shape index (κ3) is 3.83. The molecule has 0 aliphatic carbocycles. The minimum Gasteiger partial charge on any atom is -0.368 e. The van der Waals surface area contributed by atoms with Gasteiger partial charge in [0.2, 0.25) is 5.95 Å². The van der Waals surface area contributed by atoms with Gasteiger partial charge in [-0.3, -0.25) is 0 Å². The van der Waals surface area contributed by atoms with Gasteiger partial charge in [-0.05, 0) is 25.5 Å². The lowest BCUT2D eigenvalue weighted by molar-refractivity contribution is 0.593. The average Bonchev–Trinajstić information content (AvgIpc) is 2.43. The van der Waals surface area contributed by atoms with Gasteiger partial charge in [-0.1, -0.05) is 44.7 Å². The molecule has 2 rings (SSSR count). The van der Waals surface area contributed by atoms with E-state index in [0.717, 1.165) is 23.1 Å². The van der Waals surface area contributed by atoms with Crippen molar-refractivity contribution in [3.05, 3.63) is 24.3 Å². The Bertz CT molecular complexity index is 553. The molecule has 20 heavy (non-hydrogen) atoms. The highest BCUT2D eigenvalue weighted by atomic mass is 15.1. The van der Waals surface area contributed by atoms with Crippen LogP contribution in [0.2, 0.25) is 0 Å². The first-order valence-electron chi connectivity index (χ1n) is 7.49. The first kappa shape index (κ1) is 14.6. The number of benzene rings is 1. The topological polar surface area (TPSA) is 63.8 Å². The van der Waals surface area contributed by atoms with Crippen molar-refractivity contribution >= 4 is 22.7 Å². The minimum absolute atomic E-state index is 0.324. The smallest absolute Gasteiger partial charge is 0.222 e. The van der Waals surface area contributed by atoms with Crippen LogP contribution in [0.4, 0.5) is 11.8 Å². The van der Waals surface area contributed by atoms with Gasteiger partial charge in [0.25, 0.3) is 0 Å². The Morgan fingerprint density at radius 1 is 1.15 bits per heavy atom. The molecule has 0 spiro atoms. The summed E-state index contributed by atoms with van der Waals surface area (Å²) in [6.45, 7) is 4.43. The zero-order chi connectivity index (χ0) is 14.4. The van der Waals surface area contributed by atoms with Crippen molar-refractivity contribution in [2.45, 2.75) is 52.0 Å². The standard InChI is InChI=1S/C16H24N4/c1-3-4-5-6-9-12(2)18-15-13-10-7-8-11-14(13)19-16(17)20-15/h7-8,10-12H,3-6,9H2,1-2H3,(H3,17,18,19,20). The fourth-order valence-electron chi connectivity index (χ4n) is 2.39. The molecule has 2 aromatic rings. The Morgan fingerprint density at radius 2 is 1.95 bits per heavy atom. The maximum atomic E-state index is 5.78. The van der Waals surface area contributed by atoms with Crippen molar-refractivity contribution in [2.24, 2.45) is 0 Å². The van der Waals surface area contributed by atoms with Crippen LogP contribution in [0, 0.1) is 0 Å². The summed E-state index contributed by atoms with van der Waals surface area (Å²) >= 11 is 0. The second-order valence-corrected chi connectivity index (χ2v) is 5.34. The molecule has 4 heteroatoms. The van der Waals surface area contributed by atoms with Crippen molar-refractivity contribution in [3.63, 3.8) is 0 Å². The summed E-state index contributed by atoms with van der Waals surface area (Å²) in [5.74, 6) is 1.17. The van der Waals surface area contributed by atoms with Gasteiger partial charge < -0.3 is 11.1 Å². The summed E-state index contributed by atoms with van der Waals surface area (Å²) in [7, 11) is 0. The van der Waals surface area contributed by atoms with Crippen LogP contribution >= 0.6 is 0 Å². The lowest BCUT2D eigenvalue weighted by Crippen LogP contribution is -2.17. The van der Waals surface area contributed by atoms with Gasteiger partial charge in [-0.2, -0.15) is 4.98 Å². The van der Waals surface area contributed by atoms with Crippen LogP contribution in [0.25, 0.3) is 10.9 Å². The maximum absolute atomic E-state index is 5.78. The number of hydrogen-bond donors (Lipinski definition) is 2. The zero-order valence-electron chi connectivity index (χ0n) is 12.4. The minimum atomic E-state index is 0.324. The molecule has 4 nitrogen and oxygen atoms in total.